The summed E-state index contributed by atoms with van der Waals surface area (Å²) in [4.78, 5) is 16.4. The van der Waals surface area contributed by atoms with Gasteiger partial charge in [-0.05, 0) is 31.9 Å². The quantitative estimate of drug-likeness (QED) is 0.709. The van der Waals surface area contributed by atoms with E-state index in [1.54, 1.807) is 6.07 Å². The Morgan fingerprint density at radius 1 is 1.56 bits per heavy atom. The fourth-order valence-corrected chi connectivity index (χ4v) is 1.48. The number of nitrogens with one attached hydrogen (secondary N) is 1. The van der Waals surface area contributed by atoms with Crippen molar-refractivity contribution in [3.05, 3.63) is 25.8 Å². The zero-order chi connectivity index (χ0) is 6.85. The van der Waals surface area contributed by atoms with E-state index in [0.717, 1.165) is 0 Å². The SMILES string of the molecule is O=c1nc(Br)cc(Br)[nH]1. The van der Waals surface area contributed by atoms with Gasteiger partial charge >= 0.3 is 5.69 Å². The Kier molecular flexibility index (Phi) is 2.02. The van der Waals surface area contributed by atoms with Gasteiger partial charge in [0.1, 0.15) is 4.60 Å². The van der Waals surface area contributed by atoms with Crippen LogP contribution in [0.2, 0.25) is 0 Å². The number of aromatic amines is 1. The minimum atomic E-state index is -0.365. The molecule has 3 nitrogen and oxygen atoms in total. The standard InChI is InChI=1S/C4H2Br2N2O/c5-2-1-3(6)8-4(9)7-2/h1H,(H,7,8,9). The summed E-state index contributed by atoms with van der Waals surface area (Å²) in [5.74, 6) is 0. The number of hydrogen-bond donors (Lipinski definition) is 1. The fraction of sp³-hybridized carbons (Fsp3) is 0. The predicted octanol–water partition coefficient (Wildman–Crippen LogP) is 1.29. The molecular weight excluding hydrogens is 252 g/mol. The van der Waals surface area contributed by atoms with Gasteiger partial charge in [-0.3, -0.25) is 4.98 Å². The molecule has 1 N–H and O–H groups in total. The van der Waals surface area contributed by atoms with E-state index in [1.165, 1.54) is 0 Å². The van der Waals surface area contributed by atoms with Crippen LogP contribution < -0.4 is 5.69 Å². The maximum absolute atomic E-state index is 10.5. The summed E-state index contributed by atoms with van der Waals surface area (Å²) in [6, 6.07) is 1.65. The number of aromatic nitrogens is 2. The lowest BCUT2D eigenvalue weighted by molar-refractivity contribution is 1.03. The summed E-state index contributed by atoms with van der Waals surface area (Å²) >= 11 is 6.14. The highest BCUT2D eigenvalue weighted by Gasteiger charge is 1.91. The minimum Gasteiger partial charge on any atom is -0.300 e. The second-order valence-electron chi connectivity index (χ2n) is 1.36. The third-order valence-electron chi connectivity index (χ3n) is 0.681. The van der Waals surface area contributed by atoms with Crippen LogP contribution in [-0.2, 0) is 0 Å². The van der Waals surface area contributed by atoms with Gasteiger partial charge < -0.3 is 0 Å². The molecule has 0 saturated carbocycles. The van der Waals surface area contributed by atoms with Crippen molar-refractivity contribution in [2.45, 2.75) is 0 Å². The molecule has 0 amide bonds. The maximum Gasteiger partial charge on any atom is 0.346 e. The van der Waals surface area contributed by atoms with Gasteiger partial charge in [-0.15, -0.1) is 0 Å². The molecule has 0 saturated heterocycles. The van der Waals surface area contributed by atoms with E-state index < -0.39 is 0 Å². The van der Waals surface area contributed by atoms with Crippen LogP contribution in [0.15, 0.2) is 20.1 Å². The second kappa shape index (κ2) is 2.62. The second-order valence-corrected chi connectivity index (χ2v) is 3.02. The zero-order valence-electron chi connectivity index (χ0n) is 4.19. The Labute approximate surface area is 67.8 Å². The highest BCUT2D eigenvalue weighted by Crippen LogP contribution is 2.07. The molecule has 0 aliphatic rings. The smallest absolute Gasteiger partial charge is 0.300 e. The Hall–Kier alpha value is -0.160. The molecule has 0 radical (unpaired) electrons. The van der Waals surface area contributed by atoms with Gasteiger partial charge in [0.05, 0.1) is 4.60 Å². The summed E-state index contributed by atoms with van der Waals surface area (Å²) in [6.07, 6.45) is 0. The number of halogens is 2. The molecule has 0 bridgehead atoms. The molecule has 0 aliphatic carbocycles. The molecule has 0 aliphatic heterocycles. The summed E-state index contributed by atoms with van der Waals surface area (Å²) < 4.78 is 1.15. The summed E-state index contributed by atoms with van der Waals surface area (Å²) in [5.41, 5.74) is -0.365. The van der Waals surface area contributed by atoms with E-state index in [2.05, 4.69) is 41.8 Å². The first-order valence-electron chi connectivity index (χ1n) is 2.11. The minimum absolute atomic E-state index is 0.365. The van der Waals surface area contributed by atoms with Crippen LogP contribution in [0.1, 0.15) is 0 Å². The van der Waals surface area contributed by atoms with Crippen molar-refractivity contribution < 1.29 is 0 Å². The van der Waals surface area contributed by atoms with Crippen molar-refractivity contribution in [3.63, 3.8) is 0 Å². The fourth-order valence-electron chi connectivity index (χ4n) is 0.400. The van der Waals surface area contributed by atoms with Crippen LogP contribution in [0, 0.1) is 0 Å². The van der Waals surface area contributed by atoms with Crippen LogP contribution in [0.5, 0.6) is 0 Å². The molecule has 1 heterocycles. The Morgan fingerprint density at radius 3 is 2.67 bits per heavy atom. The first-order valence-corrected chi connectivity index (χ1v) is 3.69. The van der Waals surface area contributed by atoms with E-state index >= 15 is 0 Å². The predicted molar refractivity (Wildman–Crippen MR) is 40.3 cm³/mol. The molecule has 1 rings (SSSR count). The third-order valence-corrected chi connectivity index (χ3v) is 1.51. The highest BCUT2D eigenvalue weighted by atomic mass is 79.9. The van der Waals surface area contributed by atoms with Crippen molar-refractivity contribution >= 4 is 31.9 Å². The lowest BCUT2D eigenvalue weighted by atomic mass is 10.7. The Balaban J connectivity index is 3.33. The maximum atomic E-state index is 10.5. The van der Waals surface area contributed by atoms with E-state index in [4.69, 9.17) is 0 Å². The zero-order valence-corrected chi connectivity index (χ0v) is 7.36. The number of rotatable bonds is 0. The highest BCUT2D eigenvalue weighted by molar-refractivity contribution is 9.11. The van der Waals surface area contributed by atoms with Crippen LogP contribution in [0.3, 0.4) is 0 Å². The average molecular weight is 254 g/mol. The number of H-pyrrole nitrogens is 1. The monoisotopic (exact) mass is 252 g/mol. The normalized spacial score (nSPS) is 9.56. The molecule has 1 aromatic heterocycles. The molecule has 0 spiro atoms. The molecular formula is C4H2Br2N2O. The molecule has 0 fully saturated rings. The third kappa shape index (κ3) is 1.91. The number of nitrogens with zero attached hydrogens (tertiary/aromatic N) is 1. The van der Waals surface area contributed by atoms with E-state index in [1.807, 2.05) is 0 Å². The van der Waals surface area contributed by atoms with Crippen molar-refractivity contribution in [2.75, 3.05) is 0 Å². The van der Waals surface area contributed by atoms with Gasteiger partial charge in [-0.25, -0.2) is 4.79 Å². The van der Waals surface area contributed by atoms with Crippen LogP contribution in [0.25, 0.3) is 0 Å². The van der Waals surface area contributed by atoms with Gasteiger partial charge in [0.25, 0.3) is 0 Å². The van der Waals surface area contributed by atoms with Crippen molar-refractivity contribution in [2.24, 2.45) is 0 Å². The van der Waals surface area contributed by atoms with Crippen molar-refractivity contribution in [1.29, 1.82) is 0 Å². The summed E-state index contributed by atoms with van der Waals surface area (Å²) in [7, 11) is 0. The van der Waals surface area contributed by atoms with Crippen LogP contribution in [0.4, 0.5) is 0 Å². The Morgan fingerprint density at radius 2 is 2.22 bits per heavy atom. The first-order chi connectivity index (χ1) is 4.18. The van der Waals surface area contributed by atoms with Crippen LogP contribution >= 0.6 is 31.9 Å². The lowest BCUT2D eigenvalue weighted by Gasteiger charge is -1.87. The molecule has 9 heavy (non-hydrogen) atoms. The van der Waals surface area contributed by atoms with Crippen molar-refractivity contribution in [3.8, 4) is 0 Å². The Bertz CT molecular complexity index is 246. The number of hydrogen-bond acceptors (Lipinski definition) is 2. The van der Waals surface area contributed by atoms with E-state index in [-0.39, 0.29) is 5.69 Å². The van der Waals surface area contributed by atoms with Crippen LogP contribution in [-0.4, -0.2) is 9.97 Å². The summed E-state index contributed by atoms with van der Waals surface area (Å²) in [6.45, 7) is 0. The largest absolute Gasteiger partial charge is 0.346 e. The van der Waals surface area contributed by atoms with Gasteiger partial charge in [-0.2, -0.15) is 4.98 Å². The molecule has 0 aromatic carbocycles. The van der Waals surface area contributed by atoms with Gasteiger partial charge in [0.15, 0.2) is 0 Å². The first kappa shape index (κ1) is 6.95. The van der Waals surface area contributed by atoms with Crippen molar-refractivity contribution in [1.82, 2.24) is 9.97 Å². The van der Waals surface area contributed by atoms with E-state index in [9.17, 15) is 4.79 Å². The molecule has 48 valence electrons. The van der Waals surface area contributed by atoms with Gasteiger partial charge in [-0.1, -0.05) is 0 Å². The summed E-state index contributed by atoms with van der Waals surface area (Å²) in [5, 5.41) is 0. The topological polar surface area (TPSA) is 45.8 Å². The average Bonchev–Trinajstić information content (AvgIpc) is 1.59. The molecule has 1 aromatic rings. The molecule has 5 heteroatoms. The van der Waals surface area contributed by atoms with Gasteiger partial charge in [0.2, 0.25) is 0 Å². The van der Waals surface area contributed by atoms with E-state index in [0.29, 0.717) is 9.21 Å². The molecule has 0 atom stereocenters. The lowest BCUT2D eigenvalue weighted by Crippen LogP contribution is -2.09. The van der Waals surface area contributed by atoms with Gasteiger partial charge in [0, 0.05) is 6.07 Å². The molecule has 0 unspecified atom stereocenters.